The lowest BCUT2D eigenvalue weighted by Gasteiger charge is -2.28. The van der Waals surface area contributed by atoms with Crippen LogP contribution in [0.25, 0.3) is 38.6 Å². The van der Waals surface area contributed by atoms with Crippen molar-refractivity contribution in [2.24, 2.45) is 0 Å². The molecule has 34 heavy (non-hydrogen) atoms. The average molecular weight is 435 g/mol. The van der Waals surface area contributed by atoms with Gasteiger partial charge in [-0.05, 0) is 46.4 Å². The van der Waals surface area contributed by atoms with E-state index < -0.39 is 0 Å². The van der Waals surface area contributed by atoms with E-state index in [1.165, 1.54) is 71.5 Å². The molecular weight excluding hydrogens is 404 g/mol. The topological polar surface area (TPSA) is 4.93 Å². The summed E-state index contributed by atoms with van der Waals surface area (Å²) >= 11 is 0. The number of hydrogen-bond donors (Lipinski definition) is 0. The van der Waals surface area contributed by atoms with Crippen molar-refractivity contribution in [1.82, 2.24) is 4.57 Å². The first-order chi connectivity index (χ1) is 16.1. The van der Waals surface area contributed by atoms with Crippen LogP contribution in [-0.4, -0.2) is 43.8 Å². The number of benzene rings is 4. The molecule has 5 rings (SSSR count). The van der Waals surface area contributed by atoms with Gasteiger partial charge in [-0.2, -0.15) is 0 Å². The number of nitrogens with zero attached hydrogens (tertiary/aromatic N) is 1. The first-order valence-electron chi connectivity index (χ1n) is 12.3. The molecule has 0 amide bonds. The molecule has 0 unspecified atom stereocenters. The molecule has 0 aliphatic heterocycles. The number of para-hydroxylation sites is 2. The van der Waals surface area contributed by atoms with Crippen molar-refractivity contribution in [1.29, 1.82) is 0 Å². The molecular formula is C28H30B5N. The number of fused-ring (bicyclic) bond motifs is 3. The summed E-state index contributed by atoms with van der Waals surface area (Å²) < 4.78 is 2.43. The fraction of sp³-hybridized carbons (Fsp3) is 0.143. The third-order valence-electron chi connectivity index (χ3n) is 7.87. The van der Waals surface area contributed by atoms with Crippen LogP contribution < -0.4 is 27.3 Å². The first kappa shape index (κ1) is 22.8. The second-order valence-electron chi connectivity index (χ2n) is 10.8. The van der Waals surface area contributed by atoms with Crippen LogP contribution in [0.5, 0.6) is 0 Å². The van der Waals surface area contributed by atoms with Crippen molar-refractivity contribution in [2.75, 3.05) is 0 Å². The van der Waals surface area contributed by atoms with Crippen LogP contribution in [0, 0.1) is 0 Å². The zero-order valence-corrected chi connectivity index (χ0v) is 21.8. The van der Waals surface area contributed by atoms with E-state index in [0.717, 1.165) is 0 Å². The van der Waals surface area contributed by atoms with Gasteiger partial charge >= 0.3 is 0 Å². The predicted molar refractivity (Wildman–Crippen MR) is 166 cm³/mol. The van der Waals surface area contributed by atoms with E-state index in [0.29, 0.717) is 0 Å². The van der Waals surface area contributed by atoms with Crippen molar-refractivity contribution >= 4 is 88.4 Å². The molecule has 0 aliphatic carbocycles. The van der Waals surface area contributed by atoms with Gasteiger partial charge in [0.2, 0.25) is 0 Å². The van der Waals surface area contributed by atoms with Crippen molar-refractivity contribution < 1.29 is 0 Å². The molecule has 0 aliphatic rings. The van der Waals surface area contributed by atoms with Gasteiger partial charge in [0.1, 0.15) is 39.2 Å². The van der Waals surface area contributed by atoms with Gasteiger partial charge in [0.25, 0.3) is 0 Å². The predicted octanol–water partition coefficient (Wildman–Crippen LogP) is -0.960. The minimum atomic E-state index is -0.0218. The van der Waals surface area contributed by atoms with E-state index in [9.17, 15) is 0 Å². The molecule has 0 bridgehead atoms. The summed E-state index contributed by atoms with van der Waals surface area (Å²) in [7, 11) is 11.4. The third-order valence-corrected chi connectivity index (χ3v) is 7.87. The van der Waals surface area contributed by atoms with E-state index in [1.807, 2.05) is 0 Å². The molecule has 1 nitrogen and oxygen atoms in total. The summed E-state index contributed by atoms with van der Waals surface area (Å²) in [5.41, 5.74) is 15.0. The van der Waals surface area contributed by atoms with Crippen LogP contribution in [0.4, 0.5) is 0 Å². The van der Waals surface area contributed by atoms with Crippen molar-refractivity contribution in [3.8, 4) is 16.8 Å². The van der Waals surface area contributed by atoms with Gasteiger partial charge in [-0.25, -0.2) is 0 Å². The van der Waals surface area contributed by atoms with Crippen LogP contribution in [0.2, 0.25) is 0 Å². The Morgan fingerprint density at radius 2 is 1.15 bits per heavy atom. The lowest BCUT2D eigenvalue weighted by molar-refractivity contribution is 0.598. The summed E-state index contributed by atoms with van der Waals surface area (Å²) in [6.07, 6.45) is 0. The highest BCUT2D eigenvalue weighted by molar-refractivity contribution is 6.68. The molecule has 0 radical (unpaired) electrons. The molecule has 0 spiro atoms. The minimum absolute atomic E-state index is 0.0218. The quantitative estimate of drug-likeness (QED) is 0.316. The normalized spacial score (nSPS) is 12.0. The smallest absolute Gasteiger partial charge is 0.139 e. The molecule has 1 heterocycles. The van der Waals surface area contributed by atoms with Crippen LogP contribution in [-0.2, 0) is 5.41 Å². The lowest BCUT2D eigenvalue weighted by atomic mass is 9.59. The van der Waals surface area contributed by atoms with Gasteiger partial charge in [0, 0.05) is 16.5 Å². The van der Waals surface area contributed by atoms with E-state index in [2.05, 4.69) is 131 Å². The molecule has 0 atom stereocenters. The molecule has 0 saturated carbocycles. The molecule has 0 fully saturated rings. The van der Waals surface area contributed by atoms with Gasteiger partial charge in [-0.3, -0.25) is 0 Å². The molecule has 0 saturated heterocycles. The second-order valence-corrected chi connectivity index (χ2v) is 10.8. The Bertz CT molecular complexity index is 1550. The maximum Gasteiger partial charge on any atom is 0.139 e. The van der Waals surface area contributed by atoms with E-state index in [4.69, 9.17) is 0 Å². The molecule has 162 valence electrons. The van der Waals surface area contributed by atoms with Gasteiger partial charge < -0.3 is 4.57 Å². The second kappa shape index (κ2) is 8.05. The summed E-state index contributed by atoms with van der Waals surface area (Å²) in [6.45, 7) is 7.08. The molecule has 1 aromatic heterocycles. The Labute approximate surface area is 208 Å². The molecule has 4 aromatic carbocycles. The SMILES string of the molecule is Bc1c(B)c(B)c(-c2ccc3c(c2C(C)(C)C)c2ccccc2n3-c2ccccc2)c(B)c1B. The summed E-state index contributed by atoms with van der Waals surface area (Å²) in [5.74, 6) is 0. The Hall–Kier alpha value is -3.00. The molecule has 0 N–H and O–H groups in total. The number of rotatable bonds is 2. The zero-order valence-electron chi connectivity index (χ0n) is 21.8. The van der Waals surface area contributed by atoms with E-state index >= 15 is 0 Å². The highest BCUT2D eigenvalue weighted by Gasteiger charge is 2.27. The minimum Gasteiger partial charge on any atom is -0.309 e. The van der Waals surface area contributed by atoms with Crippen LogP contribution in [0.15, 0.2) is 66.7 Å². The van der Waals surface area contributed by atoms with Crippen molar-refractivity contribution in [3.63, 3.8) is 0 Å². The van der Waals surface area contributed by atoms with Crippen LogP contribution in [0.3, 0.4) is 0 Å². The maximum absolute atomic E-state index is 2.43. The monoisotopic (exact) mass is 435 g/mol. The van der Waals surface area contributed by atoms with Crippen LogP contribution in [0.1, 0.15) is 26.3 Å². The van der Waals surface area contributed by atoms with Crippen molar-refractivity contribution in [2.45, 2.75) is 26.2 Å². The van der Waals surface area contributed by atoms with Gasteiger partial charge in [0.15, 0.2) is 0 Å². The molecule has 6 heteroatoms. The fourth-order valence-corrected chi connectivity index (χ4v) is 5.81. The Balaban J connectivity index is 2.01. The summed E-state index contributed by atoms with van der Waals surface area (Å²) in [5, 5.41) is 2.70. The Kier molecular flexibility index (Phi) is 5.39. The van der Waals surface area contributed by atoms with Gasteiger partial charge in [-0.1, -0.05) is 74.2 Å². The van der Waals surface area contributed by atoms with Crippen LogP contribution >= 0.6 is 0 Å². The average Bonchev–Trinajstić information content (AvgIpc) is 3.15. The number of aromatic nitrogens is 1. The van der Waals surface area contributed by atoms with Crippen molar-refractivity contribution in [3.05, 3.63) is 72.3 Å². The highest BCUT2D eigenvalue weighted by atomic mass is 15.0. The standard InChI is InChI=1S/C28H30B5N/c1-28(2,3)22-17(21-23(29)25(31)27(33)26(32)24(21)30)13-14-19-20(22)16-11-7-8-12-18(16)34(19)15-9-5-4-6-10-15/h4-14H,29-33H2,1-3H3. The highest BCUT2D eigenvalue weighted by Crippen LogP contribution is 2.42. The van der Waals surface area contributed by atoms with E-state index in [-0.39, 0.29) is 5.41 Å². The first-order valence-corrected chi connectivity index (χ1v) is 12.3. The Morgan fingerprint density at radius 1 is 0.588 bits per heavy atom. The van der Waals surface area contributed by atoms with E-state index in [1.54, 1.807) is 0 Å². The summed E-state index contributed by atoms with van der Waals surface area (Å²) in [4.78, 5) is 0. The van der Waals surface area contributed by atoms with Gasteiger partial charge in [-0.15, -0.1) is 16.4 Å². The van der Waals surface area contributed by atoms with Gasteiger partial charge in [0.05, 0.1) is 11.0 Å². The fourth-order valence-electron chi connectivity index (χ4n) is 5.81. The maximum atomic E-state index is 2.43. The summed E-state index contributed by atoms with van der Waals surface area (Å²) in [6, 6.07) is 24.3. The third kappa shape index (κ3) is 3.30. The largest absolute Gasteiger partial charge is 0.309 e. The molecule has 5 aromatic rings. The number of hydrogen-bond acceptors (Lipinski definition) is 0. The zero-order chi connectivity index (χ0) is 24.4. The Morgan fingerprint density at radius 3 is 1.76 bits per heavy atom. The lowest BCUT2D eigenvalue weighted by Crippen LogP contribution is -2.55.